The highest BCUT2D eigenvalue weighted by Crippen LogP contribution is 2.34. The molecule has 102 valence electrons. The second-order valence-corrected chi connectivity index (χ2v) is 5.36. The highest BCUT2D eigenvalue weighted by atomic mass is 16.5. The second-order valence-electron chi connectivity index (χ2n) is 5.36. The van der Waals surface area contributed by atoms with Gasteiger partial charge in [-0.25, -0.2) is 0 Å². The Morgan fingerprint density at radius 1 is 1.18 bits per heavy atom. The Morgan fingerprint density at radius 2 is 1.88 bits per heavy atom. The Bertz CT molecular complexity index is 189. The second kappa shape index (κ2) is 8.06. The van der Waals surface area contributed by atoms with Gasteiger partial charge in [-0.2, -0.15) is 0 Å². The van der Waals surface area contributed by atoms with E-state index in [1.807, 2.05) is 7.05 Å². The lowest BCUT2D eigenvalue weighted by Crippen LogP contribution is -2.45. The summed E-state index contributed by atoms with van der Waals surface area (Å²) in [6.45, 7) is 7.75. The van der Waals surface area contributed by atoms with Crippen LogP contribution in [0.3, 0.4) is 0 Å². The van der Waals surface area contributed by atoms with E-state index in [1.54, 1.807) is 0 Å². The molecule has 0 heterocycles. The van der Waals surface area contributed by atoms with E-state index in [2.05, 4.69) is 19.2 Å². The maximum atomic E-state index is 6.12. The van der Waals surface area contributed by atoms with Crippen LogP contribution in [0.5, 0.6) is 0 Å². The smallest absolute Gasteiger partial charge is 0.0807 e. The summed E-state index contributed by atoms with van der Waals surface area (Å²) in [7, 11) is 2.01. The molecule has 3 nitrogen and oxygen atoms in total. The summed E-state index contributed by atoms with van der Waals surface area (Å²) in [6, 6.07) is 0. The summed E-state index contributed by atoms with van der Waals surface area (Å²) in [4.78, 5) is 0. The van der Waals surface area contributed by atoms with Crippen LogP contribution in [-0.2, 0) is 9.47 Å². The summed E-state index contributed by atoms with van der Waals surface area (Å²) in [6.07, 6.45) is 6.03. The van der Waals surface area contributed by atoms with Gasteiger partial charge in [-0.1, -0.05) is 13.8 Å². The van der Waals surface area contributed by atoms with E-state index in [1.165, 1.54) is 25.7 Å². The molecule has 0 radical (unpaired) electrons. The van der Waals surface area contributed by atoms with Crippen molar-refractivity contribution >= 4 is 0 Å². The molecule has 0 aromatic heterocycles. The number of hydrogen-bond acceptors (Lipinski definition) is 3. The highest BCUT2D eigenvalue weighted by Gasteiger charge is 2.34. The molecule has 0 bridgehead atoms. The van der Waals surface area contributed by atoms with E-state index < -0.39 is 0 Å². The van der Waals surface area contributed by atoms with E-state index in [4.69, 9.17) is 9.47 Å². The van der Waals surface area contributed by atoms with Gasteiger partial charge >= 0.3 is 0 Å². The predicted octanol–water partition coefficient (Wildman–Crippen LogP) is 2.60. The van der Waals surface area contributed by atoms with E-state index in [0.29, 0.717) is 0 Å². The van der Waals surface area contributed by atoms with E-state index in [0.717, 1.165) is 38.7 Å². The van der Waals surface area contributed by atoms with Crippen LogP contribution in [0.1, 0.15) is 46.0 Å². The van der Waals surface area contributed by atoms with Crippen molar-refractivity contribution in [1.82, 2.24) is 5.32 Å². The summed E-state index contributed by atoms with van der Waals surface area (Å²) in [5, 5.41) is 3.28. The van der Waals surface area contributed by atoms with Crippen molar-refractivity contribution in [3.8, 4) is 0 Å². The third kappa shape index (κ3) is 5.36. The third-order valence-corrected chi connectivity index (χ3v) is 3.67. The first-order chi connectivity index (χ1) is 8.22. The first-order valence-corrected chi connectivity index (χ1v) is 7.09. The van der Waals surface area contributed by atoms with Crippen molar-refractivity contribution in [3.63, 3.8) is 0 Å². The lowest BCUT2D eigenvalue weighted by atomic mass is 9.79. The Morgan fingerprint density at radius 3 is 2.47 bits per heavy atom. The topological polar surface area (TPSA) is 30.5 Å². The summed E-state index contributed by atoms with van der Waals surface area (Å²) < 4.78 is 11.6. The zero-order valence-corrected chi connectivity index (χ0v) is 11.8. The van der Waals surface area contributed by atoms with Gasteiger partial charge in [-0.15, -0.1) is 0 Å². The van der Waals surface area contributed by atoms with Crippen LogP contribution in [0, 0.1) is 5.92 Å². The number of ether oxygens (including phenoxy) is 2. The van der Waals surface area contributed by atoms with Crippen molar-refractivity contribution in [3.05, 3.63) is 0 Å². The Kier molecular flexibility index (Phi) is 7.09. The minimum absolute atomic E-state index is 0.0663. The number of rotatable bonds is 8. The molecule has 1 aliphatic carbocycles. The average molecular weight is 243 g/mol. The maximum Gasteiger partial charge on any atom is 0.0807 e. The fourth-order valence-electron chi connectivity index (χ4n) is 2.55. The van der Waals surface area contributed by atoms with Crippen molar-refractivity contribution in [1.29, 1.82) is 0 Å². The van der Waals surface area contributed by atoms with Crippen molar-refractivity contribution < 1.29 is 9.47 Å². The highest BCUT2D eigenvalue weighted by molar-refractivity contribution is 4.88. The molecule has 0 unspecified atom stereocenters. The van der Waals surface area contributed by atoms with Gasteiger partial charge in [-0.05, 0) is 45.1 Å². The summed E-state index contributed by atoms with van der Waals surface area (Å²) in [5.74, 6) is 0.861. The fraction of sp³-hybridized carbons (Fsp3) is 1.00. The SMILES string of the molecule is CCCOCCOC1(CNC)CCC(C)CC1. The molecule has 1 saturated carbocycles. The zero-order valence-electron chi connectivity index (χ0n) is 11.8. The summed E-state index contributed by atoms with van der Waals surface area (Å²) >= 11 is 0. The molecule has 0 amide bonds. The predicted molar refractivity (Wildman–Crippen MR) is 71.4 cm³/mol. The molecule has 1 fully saturated rings. The number of likely N-dealkylation sites (N-methyl/N-ethyl adjacent to an activating group) is 1. The minimum atomic E-state index is 0.0663. The molecule has 0 saturated heterocycles. The quantitative estimate of drug-likeness (QED) is 0.665. The zero-order chi connectivity index (χ0) is 12.6. The van der Waals surface area contributed by atoms with Crippen molar-refractivity contribution in [2.45, 2.75) is 51.6 Å². The lowest BCUT2D eigenvalue weighted by molar-refractivity contribution is -0.0907. The van der Waals surface area contributed by atoms with Gasteiger partial charge in [0.15, 0.2) is 0 Å². The van der Waals surface area contributed by atoms with Crippen LogP contribution in [0.15, 0.2) is 0 Å². The van der Waals surface area contributed by atoms with Crippen molar-refractivity contribution in [2.24, 2.45) is 5.92 Å². The monoisotopic (exact) mass is 243 g/mol. The number of hydrogen-bond donors (Lipinski definition) is 1. The molecule has 0 aliphatic heterocycles. The van der Waals surface area contributed by atoms with Gasteiger partial charge in [0, 0.05) is 13.2 Å². The molecular weight excluding hydrogens is 214 g/mol. The van der Waals surface area contributed by atoms with E-state index in [-0.39, 0.29) is 5.60 Å². The van der Waals surface area contributed by atoms with Crippen LogP contribution < -0.4 is 5.32 Å². The van der Waals surface area contributed by atoms with Crippen molar-refractivity contribution in [2.75, 3.05) is 33.4 Å². The molecule has 0 aromatic carbocycles. The third-order valence-electron chi connectivity index (χ3n) is 3.67. The molecule has 17 heavy (non-hydrogen) atoms. The molecule has 1 N–H and O–H groups in total. The largest absolute Gasteiger partial charge is 0.379 e. The molecule has 3 heteroatoms. The maximum absolute atomic E-state index is 6.12. The van der Waals surface area contributed by atoms with Crippen LogP contribution in [-0.4, -0.2) is 39.0 Å². The van der Waals surface area contributed by atoms with Gasteiger partial charge in [0.25, 0.3) is 0 Å². The molecule has 1 rings (SSSR count). The molecule has 0 spiro atoms. The average Bonchev–Trinajstić information content (AvgIpc) is 2.33. The van der Waals surface area contributed by atoms with E-state index in [9.17, 15) is 0 Å². The normalized spacial score (nSPS) is 29.5. The Hall–Kier alpha value is -0.120. The number of nitrogens with one attached hydrogen (secondary N) is 1. The van der Waals surface area contributed by atoms with Gasteiger partial charge in [0.05, 0.1) is 18.8 Å². The minimum Gasteiger partial charge on any atom is -0.379 e. The van der Waals surface area contributed by atoms with Crippen LogP contribution in [0.2, 0.25) is 0 Å². The Balaban J connectivity index is 2.27. The Labute approximate surface area is 106 Å². The van der Waals surface area contributed by atoms with Gasteiger partial charge in [-0.3, -0.25) is 0 Å². The fourth-order valence-corrected chi connectivity index (χ4v) is 2.55. The van der Waals surface area contributed by atoms with Crippen LogP contribution in [0.25, 0.3) is 0 Å². The molecule has 1 aliphatic rings. The first-order valence-electron chi connectivity index (χ1n) is 7.09. The van der Waals surface area contributed by atoms with Gasteiger partial charge < -0.3 is 14.8 Å². The van der Waals surface area contributed by atoms with Gasteiger partial charge in [0.2, 0.25) is 0 Å². The van der Waals surface area contributed by atoms with Crippen LogP contribution in [0.4, 0.5) is 0 Å². The molecular formula is C14H29NO2. The van der Waals surface area contributed by atoms with Crippen LogP contribution >= 0.6 is 0 Å². The summed E-state index contributed by atoms with van der Waals surface area (Å²) in [5.41, 5.74) is 0.0663. The lowest BCUT2D eigenvalue weighted by Gasteiger charge is -2.39. The first kappa shape index (κ1) is 14.9. The van der Waals surface area contributed by atoms with E-state index >= 15 is 0 Å². The van der Waals surface area contributed by atoms with Gasteiger partial charge in [0.1, 0.15) is 0 Å². The molecule has 0 aromatic rings. The standard InChI is InChI=1S/C14H29NO2/c1-4-9-16-10-11-17-14(12-15-3)7-5-13(2)6-8-14/h13,15H,4-12H2,1-3H3. The molecule has 0 atom stereocenters.